The van der Waals surface area contributed by atoms with Gasteiger partial charge in [-0.15, -0.1) is 10.2 Å². The van der Waals surface area contributed by atoms with Crippen molar-refractivity contribution < 1.29 is 0 Å². The summed E-state index contributed by atoms with van der Waals surface area (Å²) >= 11 is 0. The van der Waals surface area contributed by atoms with Crippen molar-refractivity contribution in [1.29, 1.82) is 0 Å². The summed E-state index contributed by atoms with van der Waals surface area (Å²) in [5.41, 5.74) is 1.18. The Morgan fingerprint density at radius 3 is 2.88 bits per heavy atom. The maximum absolute atomic E-state index is 3.99. The molecule has 0 amide bonds. The summed E-state index contributed by atoms with van der Waals surface area (Å²) in [6.45, 7) is 0.658. The van der Waals surface area contributed by atoms with Crippen LogP contribution in [-0.2, 0) is 13.6 Å². The Hall–Kier alpha value is -2.17. The topological polar surface area (TPSA) is 48.5 Å². The monoisotopic (exact) mass is 213 g/mol. The molecule has 0 unspecified atom stereocenters. The quantitative estimate of drug-likeness (QED) is 0.643. The van der Waals surface area contributed by atoms with Gasteiger partial charge in [-0.2, -0.15) is 4.80 Å². The van der Waals surface area contributed by atoms with E-state index >= 15 is 0 Å². The molecule has 2 heterocycles. The third-order valence-electron chi connectivity index (χ3n) is 2.55. The maximum Gasteiger partial charge on any atom is 0.162 e. The molecule has 3 rings (SSSR count). The minimum atomic E-state index is 0.658. The molecule has 16 heavy (non-hydrogen) atoms. The molecule has 0 spiro atoms. The van der Waals surface area contributed by atoms with Crippen LogP contribution in [0.25, 0.3) is 10.8 Å². The van der Waals surface area contributed by atoms with E-state index in [1.165, 1.54) is 22.7 Å². The molecule has 2 aromatic heterocycles. The number of fused-ring (bicyclic) bond motifs is 1. The van der Waals surface area contributed by atoms with E-state index in [9.17, 15) is 0 Å². The normalized spacial score (nSPS) is 11.1. The molecule has 3 aromatic rings. The van der Waals surface area contributed by atoms with Crippen LogP contribution in [0, 0.1) is 0 Å². The van der Waals surface area contributed by atoms with Crippen molar-refractivity contribution in [1.82, 2.24) is 24.8 Å². The van der Waals surface area contributed by atoms with Crippen molar-refractivity contribution in [3.63, 3.8) is 0 Å². The molecule has 0 saturated heterocycles. The SMILES string of the molecule is Cn1cc2ccc(Cn3ncnn3)cc2c1. The van der Waals surface area contributed by atoms with E-state index in [0.29, 0.717) is 6.54 Å². The van der Waals surface area contributed by atoms with E-state index in [1.54, 1.807) is 4.80 Å². The Morgan fingerprint density at radius 2 is 2.06 bits per heavy atom. The molecular formula is C11H11N5. The van der Waals surface area contributed by atoms with Gasteiger partial charge in [0.1, 0.15) is 0 Å². The summed E-state index contributed by atoms with van der Waals surface area (Å²) in [7, 11) is 2.03. The highest BCUT2D eigenvalue weighted by molar-refractivity contribution is 5.82. The van der Waals surface area contributed by atoms with E-state index < -0.39 is 0 Å². The van der Waals surface area contributed by atoms with Gasteiger partial charge in [0.05, 0.1) is 6.54 Å². The van der Waals surface area contributed by atoms with Crippen LogP contribution < -0.4 is 0 Å². The average Bonchev–Trinajstić information content (AvgIpc) is 2.85. The van der Waals surface area contributed by atoms with E-state index in [2.05, 4.69) is 50.6 Å². The molecule has 80 valence electrons. The molecule has 0 aliphatic rings. The highest BCUT2D eigenvalue weighted by atomic mass is 15.6. The van der Waals surface area contributed by atoms with Gasteiger partial charge >= 0.3 is 0 Å². The first-order valence-electron chi connectivity index (χ1n) is 5.07. The second-order valence-electron chi connectivity index (χ2n) is 3.85. The van der Waals surface area contributed by atoms with Gasteiger partial charge in [0.2, 0.25) is 0 Å². The van der Waals surface area contributed by atoms with Gasteiger partial charge in [0, 0.05) is 19.4 Å². The fourth-order valence-electron chi connectivity index (χ4n) is 1.85. The molecule has 0 atom stereocenters. The van der Waals surface area contributed by atoms with Gasteiger partial charge in [-0.3, -0.25) is 0 Å². The molecule has 0 saturated carbocycles. The summed E-state index contributed by atoms with van der Waals surface area (Å²) in [6.07, 6.45) is 5.65. The minimum absolute atomic E-state index is 0.658. The molecule has 0 aliphatic carbocycles. The van der Waals surface area contributed by atoms with Crippen molar-refractivity contribution in [2.75, 3.05) is 0 Å². The number of aromatic nitrogens is 5. The van der Waals surface area contributed by atoms with E-state index in [1.807, 2.05) is 7.05 Å². The molecule has 1 aromatic carbocycles. The first-order chi connectivity index (χ1) is 7.81. The first-order valence-corrected chi connectivity index (χ1v) is 5.07. The number of hydrogen-bond donors (Lipinski definition) is 0. The smallest absolute Gasteiger partial charge is 0.162 e. The number of aryl methyl sites for hydroxylation is 1. The Balaban J connectivity index is 1.98. The van der Waals surface area contributed by atoms with Gasteiger partial charge < -0.3 is 4.57 Å². The zero-order valence-corrected chi connectivity index (χ0v) is 8.91. The molecule has 0 N–H and O–H groups in total. The van der Waals surface area contributed by atoms with Crippen molar-refractivity contribution in [2.45, 2.75) is 6.54 Å². The standard InChI is InChI=1S/C11H11N5/c1-15-6-10-3-2-9(4-11(10)7-15)5-16-13-8-12-14-16/h2-4,6-8H,5H2,1H3. The molecule has 0 fully saturated rings. The lowest BCUT2D eigenvalue weighted by Gasteiger charge is -1.99. The summed E-state index contributed by atoms with van der Waals surface area (Å²) in [4.78, 5) is 1.57. The third-order valence-corrected chi connectivity index (χ3v) is 2.55. The van der Waals surface area contributed by atoms with E-state index in [-0.39, 0.29) is 0 Å². The lowest BCUT2D eigenvalue weighted by molar-refractivity contribution is 0.572. The lowest BCUT2D eigenvalue weighted by atomic mass is 10.1. The maximum atomic E-state index is 3.99. The third kappa shape index (κ3) is 1.56. The van der Waals surface area contributed by atoms with Crippen molar-refractivity contribution >= 4 is 10.8 Å². The first kappa shape index (κ1) is 9.08. The van der Waals surface area contributed by atoms with Crippen LogP contribution >= 0.6 is 0 Å². The number of rotatable bonds is 2. The summed E-state index contributed by atoms with van der Waals surface area (Å²) in [5, 5.41) is 14.0. The fraction of sp³-hybridized carbons (Fsp3) is 0.182. The van der Waals surface area contributed by atoms with Gasteiger partial charge in [0.15, 0.2) is 6.33 Å². The van der Waals surface area contributed by atoms with Crippen LogP contribution in [0.15, 0.2) is 36.9 Å². The van der Waals surface area contributed by atoms with Gasteiger partial charge in [0.25, 0.3) is 0 Å². The highest BCUT2D eigenvalue weighted by Gasteiger charge is 2.00. The molecule has 0 radical (unpaired) electrons. The van der Waals surface area contributed by atoms with Gasteiger partial charge in [-0.1, -0.05) is 12.1 Å². The zero-order valence-electron chi connectivity index (χ0n) is 8.91. The van der Waals surface area contributed by atoms with Crippen LogP contribution in [0.4, 0.5) is 0 Å². The molecule has 5 nitrogen and oxygen atoms in total. The summed E-state index contributed by atoms with van der Waals surface area (Å²) in [5.74, 6) is 0. The van der Waals surface area contributed by atoms with E-state index in [0.717, 1.165) is 0 Å². The van der Waals surface area contributed by atoms with Crippen molar-refractivity contribution in [2.24, 2.45) is 7.05 Å². The number of tetrazole rings is 1. The molecule has 0 bridgehead atoms. The minimum Gasteiger partial charge on any atom is -0.356 e. The van der Waals surface area contributed by atoms with Crippen molar-refractivity contribution in [3.8, 4) is 0 Å². The number of hydrogen-bond acceptors (Lipinski definition) is 3. The Bertz CT molecular complexity index is 608. The predicted octanol–water partition coefficient (Wildman–Crippen LogP) is 1.21. The van der Waals surface area contributed by atoms with Crippen LogP contribution in [0.1, 0.15) is 5.56 Å². The second-order valence-corrected chi connectivity index (χ2v) is 3.85. The fourth-order valence-corrected chi connectivity index (χ4v) is 1.85. The van der Waals surface area contributed by atoms with Crippen LogP contribution in [0.2, 0.25) is 0 Å². The molecule has 5 heteroatoms. The van der Waals surface area contributed by atoms with Crippen LogP contribution in [-0.4, -0.2) is 24.8 Å². The predicted molar refractivity (Wildman–Crippen MR) is 59.8 cm³/mol. The highest BCUT2D eigenvalue weighted by Crippen LogP contribution is 2.16. The lowest BCUT2D eigenvalue weighted by Crippen LogP contribution is -2.03. The Kier molecular flexibility index (Phi) is 1.96. The summed E-state index contributed by atoms with van der Waals surface area (Å²) < 4.78 is 2.06. The van der Waals surface area contributed by atoms with Crippen LogP contribution in [0.3, 0.4) is 0 Å². The summed E-state index contributed by atoms with van der Waals surface area (Å²) in [6, 6.07) is 6.35. The number of benzene rings is 1. The second kappa shape index (κ2) is 3.44. The van der Waals surface area contributed by atoms with Gasteiger partial charge in [-0.25, -0.2) is 0 Å². The average molecular weight is 213 g/mol. The largest absolute Gasteiger partial charge is 0.356 e. The molecule has 0 aliphatic heterocycles. The van der Waals surface area contributed by atoms with E-state index in [4.69, 9.17) is 0 Å². The van der Waals surface area contributed by atoms with Crippen LogP contribution in [0.5, 0.6) is 0 Å². The van der Waals surface area contributed by atoms with Gasteiger partial charge in [-0.05, 0) is 27.6 Å². The Morgan fingerprint density at radius 1 is 1.19 bits per heavy atom. The zero-order chi connectivity index (χ0) is 11.0. The number of nitrogens with zero attached hydrogens (tertiary/aromatic N) is 5. The molecular weight excluding hydrogens is 202 g/mol. The Labute approximate surface area is 92.3 Å². The van der Waals surface area contributed by atoms with Crippen molar-refractivity contribution in [3.05, 3.63) is 42.5 Å².